The predicted octanol–water partition coefficient (Wildman–Crippen LogP) is 2.88. The summed E-state index contributed by atoms with van der Waals surface area (Å²) in [6, 6.07) is 1.78. The van der Waals surface area contributed by atoms with E-state index in [1.165, 1.54) is 30.4 Å². The van der Waals surface area contributed by atoms with Crippen molar-refractivity contribution in [2.75, 3.05) is 11.2 Å². The summed E-state index contributed by atoms with van der Waals surface area (Å²) < 4.78 is 0. The average Bonchev–Trinajstić information content (AvgIpc) is 2.36. The number of rotatable bonds is 3. The number of nitrogens with one attached hydrogen (secondary N) is 1. The summed E-state index contributed by atoms with van der Waals surface area (Å²) >= 11 is 0. The molecule has 0 aliphatic heterocycles. The number of nitrogen functional groups attached to an aromatic ring is 2. The standard InChI is InChI=1S/C15H23N5/c1-10-5-4-8-15(2,3)12(10)7-6-11-9-13(20-17)19-14(16)18-11/h6-7,9H,4-5,8,17H2,1-3H3,(H3,16,18,19,20)/b7-6+. The highest BCUT2D eigenvalue weighted by molar-refractivity contribution is 5.56. The van der Waals surface area contributed by atoms with Crippen molar-refractivity contribution < 1.29 is 0 Å². The van der Waals surface area contributed by atoms with E-state index < -0.39 is 0 Å². The van der Waals surface area contributed by atoms with Gasteiger partial charge in [-0.2, -0.15) is 4.98 Å². The highest BCUT2D eigenvalue weighted by atomic mass is 15.3. The molecular weight excluding hydrogens is 250 g/mol. The number of nitrogens with zero attached hydrogens (tertiary/aromatic N) is 2. The molecular formula is C15H23N5. The van der Waals surface area contributed by atoms with Crippen LogP contribution in [-0.2, 0) is 0 Å². The Balaban J connectivity index is 2.31. The maximum Gasteiger partial charge on any atom is 0.222 e. The van der Waals surface area contributed by atoms with Crippen LogP contribution in [0.4, 0.5) is 11.8 Å². The van der Waals surface area contributed by atoms with Crippen LogP contribution in [0.1, 0.15) is 45.7 Å². The van der Waals surface area contributed by atoms with E-state index in [9.17, 15) is 0 Å². The minimum atomic E-state index is 0.215. The first-order valence-electron chi connectivity index (χ1n) is 6.92. The zero-order valence-electron chi connectivity index (χ0n) is 12.4. The molecule has 2 rings (SSSR count). The van der Waals surface area contributed by atoms with Crippen LogP contribution in [0.2, 0.25) is 0 Å². The first-order valence-corrected chi connectivity index (χ1v) is 6.92. The summed E-state index contributed by atoms with van der Waals surface area (Å²) in [5.74, 6) is 6.10. The molecule has 1 aliphatic rings. The molecule has 0 fully saturated rings. The third-order valence-electron chi connectivity index (χ3n) is 3.87. The highest BCUT2D eigenvalue weighted by Gasteiger charge is 2.26. The second kappa shape index (κ2) is 5.63. The maximum absolute atomic E-state index is 5.66. The molecule has 108 valence electrons. The van der Waals surface area contributed by atoms with Gasteiger partial charge in [-0.05, 0) is 43.3 Å². The molecule has 0 spiro atoms. The zero-order valence-corrected chi connectivity index (χ0v) is 12.4. The van der Waals surface area contributed by atoms with Crippen LogP contribution >= 0.6 is 0 Å². The first-order chi connectivity index (χ1) is 9.42. The number of allylic oxidation sites excluding steroid dienone is 3. The molecule has 0 atom stereocenters. The van der Waals surface area contributed by atoms with Crippen LogP contribution in [0.25, 0.3) is 6.08 Å². The Hall–Kier alpha value is -1.88. The van der Waals surface area contributed by atoms with Gasteiger partial charge in [-0.3, -0.25) is 0 Å². The van der Waals surface area contributed by atoms with E-state index in [-0.39, 0.29) is 11.4 Å². The lowest BCUT2D eigenvalue weighted by Crippen LogP contribution is -2.19. The van der Waals surface area contributed by atoms with Crippen molar-refractivity contribution in [2.45, 2.75) is 40.0 Å². The van der Waals surface area contributed by atoms with Gasteiger partial charge in [0.2, 0.25) is 5.95 Å². The van der Waals surface area contributed by atoms with E-state index in [2.05, 4.69) is 42.2 Å². The molecule has 1 heterocycles. The van der Waals surface area contributed by atoms with Crippen LogP contribution in [0, 0.1) is 5.41 Å². The summed E-state index contributed by atoms with van der Waals surface area (Å²) in [5, 5.41) is 0. The monoisotopic (exact) mass is 273 g/mol. The zero-order chi connectivity index (χ0) is 14.8. The van der Waals surface area contributed by atoms with Gasteiger partial charge >= 0.3 is 0 Å². The summed E-state index contributed by atoms with van der Waals surface area (Å²) in [6.45, 7) is 6.79. The fourth-order valence-corrected chi connectivity index (χ4v) is 2.82. The Bertz CT molecular complexity index is 557. The largest absolute Gasteiger partial charge is 0.368 e. The smallest absolute Gasteiger partial charge is 0.222 e. The number of nitrogens with two attached hydrogens (primary N) is 2. The van der Waals surface area contributed by atoms with Gasteiger partial charge in [0.1, 0.15) is 5.82 Å². The molecule has 5 nitrogen and oxygen atoms in total. The number of aromatic nitrogens is 2. The molecule has 1 aromatic heterocycles. The van der Waals surface area contributed by atoms with E-state index in [1.54, 1.807) is 6.07 Å². The first kappa shape index (κ1) is 14.5. The molecule has 0 bridgehead atoms. The maximum atomic E-state index is 5.66. The topological polar surface area (TPSA) is 89.8 Å². The minimum Gasteiger partial charge on any atom is -0.368 e. The van der Waals surface area contributed by atoms with E-state index in [4.69, 9.17) is 11.6 Å². The van der Waals surface area contributed by atoms with Crippen molar-refractivity contribution in [2.24, 2.45) is 11.3 Å². The molecule has 0 radical (unpaired) electrons. The molecule has 0 aromatic carbocycles. The molecule has 0 saturated heterocycles. The lowest BCUT2D eigenvalue weighted by atomic mass is 9.72. The third-order valence-corrected chi connectivity index (χ3v) is 3.87. The third kappa shape index (κ3) is 3.17. The molecule has 20 heavy (non-hydrogen) atoms. The predicted molar refractivity (Wildman–Crippen MR) is 83.6 cm³/mol. The van der Waals surface area contributed by atoms with E-state index in [0.29, 0.717) is 5.82 Å². The van der Waals surface area contributed by atoms with Crippen LogP contribution < -0.4 is 17.0 Å². The van der Waals surface area contributed by atoms with Gasteiger partial charge in [0, 0.05) is 6.07 Å². The van der Waals surface area contributed by atoms with Gasteiger partial charge in [0.25, 0.3) is 0 Å². The van der Waals surface area contributed by atoms with Crippen molar-refractivity contribution in [3.63, 3.8) is 0 Å². The van der Waals surface area contributed by atoms with Gasteiger partial charge in [0.15, 0.2) is 0 Å². The summed E-state index contributed by atoms with van der Waals surface area (Å²) in [6.07, 6.45) is 7.77. The highest BCUT2D eigenvalue weighted by Crippen LogP contribution is 2.40. The molecule has 0 unspecified atom stereocenters. The van der Waals surface area contributed by atoms with Crippen LogP contribution in [-0.4, -0.2) is 9.97 Å². The fraction of sp³-hybridized carbons (Fsp3) is 0.467. The van der Waals surface area contributed by atoms with Crippen molar-refractivity contribution >= 4 is 17.8 Å². The SMILES string of the molecule is CC1=C(/C=C/c2cc(NN)nc(N)n2)C(C)(C)CCC1. The lowest BCUT2D eigenvalue weighted by Gasteiger charge is -2.32. The Morgan fingerprint density at radius 1 is 1.30 bits per heavy atom. The van der Waals surface area contributed by atoms with Gasteiger partial charge in [-0.1, -0.05) is 25.5 Å². The molecule has 5 heteroatoms. The molecule has 0 amide bonds. The quantitative estimate of drug-likeness (QED) is 0.582. The van der Waals surface area contributed by atoms with Crippen LogP contribution in [0.15, 0.2) is 23.3 Å². The van der Waals surface area contributed by atoms with E-state index in [1.807, 2.05) is 6.08 Å². The Morgan fingerprint density at radius 3 is 2.70 bits per heavy atom. The van der Waals surface area contributed by atoms with Gasteiger partial charge < -0.3 is 11.2 Å². The fourth-order valence-electron chi connectivity index (χ4n) is 2.82. The summed E-state index contributed by atoms with van der Waals surface area (Å²) in [7, 11) is 0. The Labute approximate surface area is 120 Å². The Kier molecular flexibility index (Phi) is 4.09. The van der Waals surface area contributed by atoms with Crippen molar-refractivity contribution in [1.29, 1.82) is 0 Å². The van der Waals surface area contributed by atoms with E-state index >= 15 is 0 Å². The van der Waals surface area contributed by atoms with Crippen molar-refractivity contribution in [1.82, 2.24) is 9.97 Å². The second-order valence-corrected chi connectivity index (χ2v) is 5.95. The van der Waals surface area contributed by atoms with E-state index in [0.717, 1.165) is 5.69 Å². The Morgan fingerprint density at radius 2 is 2.05 bits per heavy atom. The number of hydrogen-bond donors (Lipinski definition) is 3. The summed E-state index contributed by atoms with van der Waals surface area (Å²) in [5.41, 5.74) is 12.0. The molecule has 0 saturated carbocycles. The lowest BCUT2D eigenvalue weighted by molar-refractivity contribution is 0.377. The minimum absolute atomic E-state index is 0.215. The molecule has 1 aromatic rings. The number of hydrazine groups is 1. The summed E-state index contributed by atoms with van der Waals surface area (Å²) in [4.78, 5) is 8.18. The van der Waals surface area contributed by atoms with Gasteiger partial charge in [-0.25, -0.2) is 10.8 Å². The number of anilines is 2. The van der Waals surface area contributed by atoms with Crippen LogP contribution in [0.3, 0.4) is 0 Å². The van der Waals surface area contributed by atoms with Gasteiger partial charge in [-0.15, -0.1) is 0 Å². The van der Waals surface area contributed by atoms with Crippen molar-refractivity contribution in [3.8, 4) is 0 Å². The number of hydrogen-bond acceptors (Lipinski definition) is 5. The second-order valence-electron chi connectivity index (χ2n) is 5.95. The average molecular weight is 273 g/mol. The normalized spacial score (nSPS) is 18.6. The van der Waals surface area contributed by atoms with Crippen molar-refractivity contribution in [3.05, 3.63) is 29.0 Å². The molecule has 5 N–H and O–H groups in total. The van der Waals surface area contributed by atoms with Crippen LogP contribution in [0.5, 0.6) is 0 Å². The molecule has 1 aliphatic carbocycles. The van der Waals surface area contributed by atoms with Gasteiger partial charge in [0.05, 0.1) is 5.69 Å².